The summed E-state index contributed by atoms with van der Waals surface area (Å²) in [4.78, 5) is 12.2. The van der Waals surface area contributed by atoms with E-state index in [1.807, 2.05) is 0 Å². The van der Waals surface area contributed by atoms with Crippen LogP contribution in [0.5, 0.6) is 0 Å². The lowest BCUT2D eigenvalue weighted by molar-refractivity contribution is -0.468. The highest BCUT2D eigenvalue weighted by molar-refractivity contribution is 5.97. The fourth-order valence-electron chi connectivity index (χ4n) is 2.09. The van der Waals surface area contributed by atoms with Crippen LogP contribution in [0.15, 0.2) is 35.4 Å². The molecule has 0 unspecified atom stereocenters. The summed E-state index contributed by atoms with van der Waals surface area (Å²) >= 11 is 0. The van der Waals surface area contributed by atoms with Crippen LogP contribution in [0.2, 0.25) is 0 Å². The molecule has 1 aliphatic rings. The molecule has 23 heavy (non-hydrogen) atoms. The minimum absolute atomic E-state index is 0.0800. The minimum Gasteiger partial charge on any atom is -0.362 e. The van der Waals surface area contributed by atoms with Gasteiger partial charge in [0.1, 0.15) is 0 Å². The van der Waals surface area contributed by atoms with Gasteiger partial charge in [-0.05, 0) is 19.1 Å². The molecule has 1 aromatic rings. The lowest BCUT2D eigenvalue weighted by atomic mass is 10.1. The van der Waals surface area contributed by atoms with Crippen molar-refractivity contribution < 1.29 is 36.6 Å². The van der Waals surface area contributed by atoms with Crippen LogP contribution in [0.25, 0.3) is 0 Å². The molecule has 0 aliphatic carbocycles. The SMILES string of the molecule is CC1=NN(C(=O)c2ccccc2)[C@@](O)(C(F)(F)OC(F)(F)F)C1. The smallest absolute Gasteiger partial charge is 0.362 e. The number of halogens is 5. The maximum Gasteiger partial charge on any atom is 0.527 e. The van der Waals surface area contributed by atoms with E-state index in [4.69, 9.17) is 0 Å². The third kappa shape index (κ3) is 3.32. The molecule has 0 fully saturated rings. The van der Waals surface area contributed by atoms with Crippen molar-refractivity contribution >= 4 is 11.6 Å². The van der Waals surface area contributed by atoms with Crippen molar-refractivity contribution in [1.82, 2.24) is 5.01 Å². The number of carbonyl (C=O) groups is 1. The number of hydrogen-bond acceptors (Lipinski definition) is 4. The molecule has 126 valence electrons. The summed E-state index contributed by atoms with van der Waals surface area (Å²) in [6.45, 7) is 1.19. The molecule has 10 heteroatoms. The van der Waals surface area contributed by atoms with E-state index in [2.05, 4.69) is 9.84 Å². The summed E-state index contributed by atoms with van der Waals surface area (Å²) in [5.41, 5.74) is -3.87. The Hall–Kier alpha value is -2.07. The third-order valence-corrected chi connectivity index (χ3v) is 3.05. The summed E-state index contributed by atoms with van der Waals surface area (Å²) in [6.07, 6.45) is -11.8. The van der Waals surface area contributed by atoms with Crippen LogP contribution in [0, 0.1) is 0 Å². The van der Waals surface area contributed by atoms with Gasteiger partial charge in [-0.3, -0.25) is 4.79 Å². The topological polar surface area (TPSA) is 62.1 Å². The predicted molar refractivity (Wildman–Crippen MR) is 67.4 cm³/mol. The fourth-order valence-corrected chi connectivity index (χ4v) is 2.09. The Morgan fingerprint density at radius 1 is 1.26 bits per heavy atom. The molecule has 0 aromatic heterocycles. The van der Waals surface area contributed by atoms with E-state index >= 15 is 0 Å². The number of benzene rings is 1. The number of carbonyl (C=O) groups excluding carboxylic acids is 1. The zero-order valence-electron chi connectivity index (χ0n) is 11.6. The van der Waals surface area contributed by atoms with E-state index in [0.29, 0.717) is 0 Å². The Bertz CT molecular complexity index is 632. The molecule has 0 radical (unpaired) electrons. The number of ether oxygens (including phenoxy) is 1. The van der Waals surface area contributed by atoms with Crippen molar-refractivity contribution in [2.45, 2.75) is 31.5 Å². The molecule has 2 rings (SSSR count). The molecular weight excluding hydrogens is 327 g/mol. The van der Waals surface area contributed by atoms with Gasteiger partial charge in [-0.25, -0.2) is 4.74 Å². The van der Waals surface area contributed by atoms with Gasteiger partial charge in [0, 0.05) is 17.7 Å². The number of hydrogen-bond donors (Lipinski definition) is 1. The van der Waals surface area contributed by atoms with Crippen LogP contribution in [-0.2, 0) is 4.74 Å². The fraction of sp³-hybridized carbons (Fsp3) is 0.385. The van der Waals surface area contributed by atoms with Crippen LogP contribution in [0.1, 0.15) is 23.7 Å². The third-order valence-electron chi connectivity index (χ3n) is 3.05. The van der Waals surface area contributed by atoms with Crippen LogP contribution in [0.3, 0.4) is 0 Å². The molecule has 5 nitrogen and oxygen atoms in total. The van der Waals surface area contributed by atoms with Gasteiger partial charge in [0.15, 0.2) is 0 Å². The van der Waals surface area contributed by atoms with E-state index < -0.39 is 30.5 Å². The Kier molecular flexibility index (Phi) is 4.16. The Morgan fingerprint density at radius 2 is 1.83 bits per heavy atom. The molecule has 0 saturated carbocycles. The maximum absolute atomic E-state index is 13.8. The normalized spacial score (nSPS) is 22.2. The van der Waals surface area contributed by atoms with Crippen molar-refractivity contribution in [3.8, 4) is 0 Å². The zero-order valence-corrected chi connectivity index (χ0v) is 11.6. The summed E-state index contributed by atoms with van der Waals surface area (Å²) < 4.78 is 66.9. The first-order valence-electron chi connectivity index (χ1n) is 6.27. The maximum atomic E-state index is 13.8. The average molecular weight is 338 g/mol. The van der Waals surface area contributed by atoms with Gasteiger partial charge in [0.05, 0.1) is 0 Å². The molecule has 1 amide bonds. The second kappa shape index (κ2) is 5.53. The number of aliphatic hydroxyl groups is 1. The number of hydrazone groups is 1. The molecule has 1 atom stereocenters. The van der Waals surface area contributed by atoms with E-state index in [0.717, 1.165) is 0 Å². The average Bonchev–Trinajstić information content (AvgIpc) is 2.73. The van der Waals surface area contributed by atoms with Crippen LogP contribution in [-0.4, -0.2) is 39.9 Å². The largest absolute Gasteiger partial charge is 0.527 e. The highest BCUT2D eigenvalue weighted by atomic mass is 19.4. The molecule has 1 heterocycles. The van der Waals surface area contributed by atoms with E-state index in [9.17, 15) is 31.9 Å². The van der Waals surface area contributed by atoms with Gasteiger partial charge in [-0.2, -0.15) is 18.9 Å². The minimum atomic E-state index is -5.71. The number of rotatable bonds is 3. The molecule has 0 bridgehead atoms. The zero-order chi connectivity index (χ0) is 17.5. The van der Waals surface area contributed by atoms with Gasteiger partial charge in [-0.15, -0.1) is 13.2 Å². The first-order valence-corrected chi connectivity index (χ1v) is 6.27. The van der Waals surface area contributed by atoms with Crippen molar-refractivity contribution in [2.75, 3.05) is 0 Å². The summed E-state index contributed by atoms with van der Waals surface area (Å²) in [6, 6.07) is 6.87. The van der Waals surface area contributed by atoms with Crippen molar-refractivity contribution in [3.63, 3.8) is 0 Å². The number of alkyl halides is 5. The van der Waals surface area contributed by atoms with Gasteiger partial charge in [-0.1, -0.05) is 18.2 Å². The van der Waals surface area contributed by atoms with Crippen molar-refractivity contribution in [3.05, 3.63) is 35.9 Å². The van der Waals surface area contributed by atoms with E-state index in [-0.39, 0.29) is 16.3 Å². The van der Waals surface area contributed by atoms with Gasteiger partial charge in [0.25, 0.3) is 11.6 Å². The predicted octanol–water partition coefficient (Wildman–Crippen LogP) is 2.73. The highest BCUT2D eigenvalue weighted by Gasteiger charge is 2.66. The highest BCUT2D eigenvalue weighted by Crippen LogP contribution is 2.43. The van der Waals surface area contributed by atoms with Crippen LogP contribution < -0.4 is 0 Å². The molecular formula is C13H11F5N2O3. The number of nitrogens with zero attached hydrogens (tertiary/aromatic N) is 2. The van der Waals surface area contributed by atoms with Gasteiger partial charge in [0.2, 0.25) is 0 Å². The van der Waals surface area contributed by atoms with E-state index in [1.165, 1.54) is 31.2 Å². The summed E-state index contributed by atoms with van der Waals surface area (Å²) in [7, 11) is 0. The lowest BCUT2D eigenvalue weighted by Gasteiger charge is -2.36. The summed E-state index contributed by atoms with van der Waals surface area (Å²) in [5, 5.41) is 13.4. The summed E-state index contributed by atoms with van der Waals surface area (Å²) in [5.74, 6) is -1.18. The van der Waals surface area contributed by atoms with Crippen LogP contribution in [0.4, 0.5) is 22.0 Å². The van der Waals surface area contributed by atoms with Crippen LogP contribution >= 0.6 is 0 Å². The van der Waals surface area contributed by atoms with E-state index in [1.54, 1.807) is 6.07 Å². The quantitative estimate of drug-likeness (QED) is 0.862. The molecule has 1 N–H and O–H groups in total. The molecule has 0 spiro atoms. The van der Waals surface area contributed by atoms with Crippen molar-refractivity contribution in [2.24, 2.45) is 5.10 Å². The standard InChI is InChI=1S/C13H11F5N2O3/c1-8-7-11(22,12(14,15)23-13(16,17)18)20(19-8)10(21)9-5-3-2-4-6-9/h2-6,22H,7H2,1H3/t11-/m0/s1. The monoisotopic (exact) mass is 338 g/mol. The molecule has 1 aliphatic heterocycles. The first-order chi connectivity index (χ1) is 10.5. The lowest BCUT2D eigenvalue weighted by Crippen LogP contribution is -2.61. The first kappa shape index (κ1) is 17.3. The van der Waals surface area contributed by atoms with Gasteiger partial charge < -0.3 is 5.11 Å². The Balaban J connectivity index is 2.39. The molecule has 0 saturated heterocycles. The second-order valence-corrected chi connectivity index (χ2v) is 4.88. The number of amides is 1. The van der Waals surface area contributed by atoms with Gasteiger partial charge >= 0.3 is 12.5 Å². The van der Waals surface area contributed by atoms with Crippen molar-refractivity contribution in [1.29, 1.82) is 0 Å². The Labute approximate surface area is 127 Å². The molecule has 1 aromatic carbocycles. The second-order valence-electron chi connectivity index (χ2n) is 4.88. The Morgan fingerprint density at radius 3 is 2.35 bits per heavy atom.